The van der Waals surface area contributed by atoms with Gasteiger partial charge in [0.05, 0.1) is 35.1 Å². The number of alkyl halides is 1. The van der Waals surface area contributed by atoms with E-state index in [1.54, 1.807) is 6.21 Å². The van der Waals surface area contributed by atoms with Crippen molar-refractivity contribution in [1.82, 2.24) is 20.4 Å². The second-order valence-electron chi connectivity index (χ2n) is 12.1. The molecular weight excluding hydrogens is 502 g/mol. The highest BCUT2D eigenvalue weighted by molar-refractivity contribution is 6.29. The average molecular weight is 554 g/mol. The van der Waals surface area contributed by atoms with Gasteiger partial charge in [0.2, 0.25) is 5.91 Å². The number of carbonyl (C=O) groups is 1. The predicted molar refractivity (Wildman–Crippen MR) is 156 cm³/mol. The average Bonchev–Trinajstić information content (AvgIpc) is 2.85. The molecule has 3 aliphatic rings. The predicted octanol–water partition coefficient (Wildman–Crippen LogP) is 1.28. The summed E-state index contributed by atoms with van der Waals surface area (Å²) in [7, 11) is 4.00. The molecule has 0 aromatic rings. The summed E-state index contributed by atoms with van der Waals surface area (Å²) in [6.45, 7) is 8.25. The van der Waals surface area contributed by atoms with Gasteiger partial charge in [-0.3, -0.25) is 14.7 Å². The zero-order chi connectivity index (χ0) is 27.9. The van der Waals surface area contributed by atoms with Crippen LogP contribution in [0.1, 0.15) is 58.8 Å². The van der Waals surface area contributed by atoms with E-state index < -0.39 is 17.7 Å². The molecule has 3 heterocycles. The van der Waals surface area contributed by atoms with E-state index in [-0.39, 0.29) is 34.8 Å². The summed E-state index contributed by atoms with van der Waals surface area (Å²) in [5, 5.41) is 17.5. The molecule has 6 unspecified atom stereocenters. The third-order valence-electron chi connectivity index (χ3n) is 8.83. The molecule has 1 amide bonds. The van der Waals surface area contributed by atoms with Gasteiger partial charge in [0, 0.05) is 38.4 Å². The summed E-state index contributed by atoms with van der Waals surface area (Å²) in [5.74, 6) is -0.794. The van der Waals surface area contributed by atoms with Gasteiger partial charge in [-0.1, -0.05) is 32.4 Å². The summed E-state index contributed by atoms with van der Waals surface area (Å²) in [6.07, 6.45) is 11.2. The number of nitrogens with one attached hydrogen (secondary N) is 2. The Morgan fingerprint density at radius 2 is 2.03 bits per heavy atom. The van der Waals surface area contributed by atoms with E-state index in [1.807, 2.05) is 25.1 Å². The van der Waals surface area contributed by atoms with Crippen molar-refractivity contribution >= 4 is 23.7 Å². The molecule has 218 valence electrons. The Morgan fingerprint density at radius 3 is 2.63 bits per heavy atom. The number of aliphatic hydroxyl groups is 1. The lowest BCUT2D eigenvalue weighted by atomic mass is 9.72. The highest BCUT2D eigenvalue weighted by atomic mass is 35.5. The van der Waals surface area contributed by atoms with E-state index in [9.17, 15) is 9.90 Å². The van der Waals surface area contributed by atoms with Gasteiger partial charge in [-0.2, -0.15) is 0 Å². The van der Waals surface area contributed by atoms with Crippen molar-refractivity contribution in [3.8, 4) is 0 Å². The van der Waals surface area contributed by atoms with Crippen LogP contribution in [0.4, 0.5) is 0 Å². The number of amides is 1. The molecule has 9 nitrogen and oxygen atoms in total. The van der Waals surface area contributed by atoms with Gasteiger partial charge in [-0.25, -0.2) is 0 Å². The third kappa shape index (κ3) is 8.22. The SMILES string of the molecule is CCCC1(CC)/C=C\C(Cl)/C=N\C(C(C(=O)NC2CNCCC2N2CCC(O)(CN(C)C)CC2)C(N)N)C1. The zero-order valence-corrected chi connectivity index (χ0v) is 24.7. The minimum atomic E-state index is -0.837. The number of likely N-dealkylation sites (tertiary alicyclic amines) is 1. The van der Waals surface area contributed by atoms with Crippen LogP contribution in [0.5, 0.6) is 0 Å². The van der Waals surface area contributed by atoms with E-state index in [1.165, 1.54) is 0 Å². The number of nitrogens with two attached hydrogens (primary N) is 2. The quantitative estimate of drug-likeness (QED) is 0.156. The summed E-state index contributed by atoms with van der Waals surface area (Å²) in [6, 6.07) is -0.217. The van der Waals surface area contributed by atoms with Crippen molar-refractivity contribution in [3.63, 3.8) is 0 Å². The van der Waals surface area contributed by atoms with Crippen LogP contribution in [0, 0.1) is 11.3 Å². The Labute approximate surface area is 234 Å². The van der Waals surface area contributed by atoms with Crippen molar-refractivity contribution in [2.75, 3.05) is 46.8 Å². The largest absolute Gasteiger partial charge is 0.388 e. The van der Waals surface area contributed by atoms with Gasteiger partial charge in [-0.15, -0.1) is 11.6 Å². The fourth-order valence-electron chi connectivity index (χ4n) is 6.75. The highest BCUT2D eigenvalue weighted by Gasteiger charge is 2.42. The van der Waals surface area contributed by atoms with E-state index in [2.05, 4.69) is 35.5 Å². The fourth-order valence-corrected chi connectivity index (χ4v) is 6.89. The molecule has 10 heteroatoms. The first-order valence-electron chi connectivity index (χ1n) is 14.5. The normalized spacial score (nSPS) is 34.9. The Kier molecular flexibility index (Phi) is 11.6. The Bertz CT molecular complexity index is 815. The van der Waals surface area contributed by atoms with Crippen LogP contribution in [0.3, 0.4) is 0 Å². The van der Waals surface area contributed by atoms with E-state index >= 15 is 0 Å². The second-order valence-corrected chi connectivity index (χ2v) is 12.6. The number of likely N-dealkylation sites (N-methyl/N-ethyl adjacent to an activating group) is 1. The van der Waals surface area contributed by atoms with Crippen LogP contribution in [-0.2, 0) is 4.79 Å². The Morgan fingerprint density at radius 1 is 1.32 bits per heavy atom. The molecule has 2 saturated heterocycles. The highest BCUT2D eigenvalue weighted by Crippen LogP contribution is 2.39. The van der Waals surface area contributed by atoms with Crippen molar-refractivity contribution < 1.29 is 9.90 Å². The summed E-state index contributed by atoms with van der Waals surface area (Å²) >= 11 is 6.48. The molecule has 7 N–H and O–H groups in total. The maximum Gasteiger partial charge on any atom is 0.228 e. The molecule has 3 aliphatic heterocycles. The van der Waals surface area contributed by atoms with Crippen LogP contribution >= 0.6 is 11.6 Å². The van der Waals surface area contributed by atoms with Crippen LogP contribution in [0.2, 0.25) is 0 Å². The zero-order valence-electron chi connectivity index (χ0n) is 23.9. The van der Waals surface area contributed by atoms with Gasteiger partial charge in [0.15, 0.2) is 0 Å². The van der Waals surface area contributed by atoms with E-state index in [0.717, 1.165) is 58.2 Å². The lowest BCUT2D eigenvalue weighted by Gasteiger charge is -2.46. The molecule has 6 atom stereocenters. The molecule has 0 saturated carbocycles. The fraction of sp³-hybridized carbons (Fsp3) is 0.857. The van der Waals surface area contributed by atoms with Crippen molar-refractivity contribution in [3.05, 3.63) is 12.2 Å². The van der Waals surface area contributed by atoms with Crippen LogP contribution in [-0.4, -0.2) is 109 Å². The van der Waals surface area contributed by atoms with Gasteiger partial charge >= 0.3 is 0 Å². The molecular formula is C28H52ClN7O2. The lowest BCUT2D eigenvalue weighted by molar-refractivity contribution is -0.128. The van der Waals surface area contributed by atoms with E-state index in [0.29, 0.717) is 19.5 Å². The number of rotatable bonds is 10. The minimum absolute atomic E-state index is 0.0673. The molecule has 0 aliphatic carbocycles. The number of hydrogen-bond donors (Lipinski definition) is 5. The van der Waals surface area contributed by atoms with Gasteiger partial charge in [0.25, 0.3) is 0 Å². The second kappa shape index (κ2) is 14.0. The standard InChI is InChI=1S/C28H52ClN7O2/c1-5-9-27(6-2)10-7-20(29)17-33-21(16-27)24(25(30)31)26(37)34-22-18-32-13-8-23(22)36-14-11-28(38,12-15-36)19-35(3)4/h7,10,17,20-25,32,38H,5-6,8-9,11-16,18-19,30-31H2,1-4H3,(H,34,37)/b10-7-,33-17-. The smallest absolute Gasteiger partial charge is 0.228 e. The first-order chi connectivity index (χ1) is 18.0. The number of carbonyl (C=O) groups excluding carboxylic acids is 1. The monoisotopic (exact) mass is 553 g/mol. The van der Waals surface area contributed by atoms with Gasteiger partial charge in [0.1, 0.15) is 0 Å². The molecule has 38 heavy (non-hydrogen) atoms. The Balaban J connectivity index is 1.74. The van der Waals surface area contributed by atoms with Crippen molar-refractivity contribution in [2.24, 2.45) is 27.8 Å². The maximum atomic E-state index is 13.9. The third-order valence-corrected chi connectivity index (χ3v) is 9.09. The number of piperidine rings is 2. The molecule has 0 radical (unpaired) electrons. The maximum absolute atomic E-state index is 13.9. The van der Waals surface area contributed by atoms with Crippen LogP contribution in [0.25, 0.3) is 0 Å². The molecule has 0 spiro atoms. The number of halogens is 1. The van der Waals surface area contributed by atoms with Crippen LogP contribution in [0.15, 0.2) is 17.1 Å². The number of aliphatic imine (C=N–C) groups is 1. The van der Waals surface area contributed by atoms with E-state index in [4.69, 9.17) is 28.1 Å². The molecule has 0 aromatic heterocycles. The van der Waals surface area contributed by atoms with Gasteiger partial charge in [-0.05, 0) is 64.6 Å². The molecule has 0 aromatic carbocycles. The topological polar surface area (TPSA) is 132 Å². The summed E-state index contributed by atoms with van der Waals surface area (Å²) < 4.78 is 0. The first kappa shape index (κ1) is 31.5. The number of hydrogen-bond acceptors (Lipinski definition) is 8. The van der Waals surface area contributed by atoms with Crippen LogP contribution < -0.4 is 22.1 Å². The van der Waals surface area contributed by atoms with Gasteiger partial charge < -0.3 is 32.1 Å². The molecule has 3 rings (SSSR count). The lowest BCUT2D eigenvalue weighted by Crippen LogP contribution is -2.64. The van der Waals surface area contributed by atoms with Crippen molar-refractivity contribution in [1.29, 1.82) is 0 Å². The summed E-state index contributed by atoms with van der Waals surface area (Å²) in [4.78, 5) is 23.1. The number of allylic oxidation sites excluding steroid dienone is 2. The Hall–Kier alpha value is -1.07. The first-order valence-corrected chi connectivity index (χ1v) is 15.0. The van der Waals surface area contributed by atoms with Crippen molar-refractivity contribution in [2.45, 2.75) is 94.1 Å². The minimum Gasteiger partial charge on any atom is -0.388 e. The molecule has 0 bridgehead atoms. The summed E-state index contributed by atoms with van der Waals surface area (Å²) in [5.41, 5.74) is 11.8. The molecule has 2 fully saturated rings. The number of nitrogens with zero attached hydrogens (tertiary/aromatic N) is 3.